The van der Waals surface area contributed by atoms with Crippen LogP contribution in [0.2, 0.25) is 0 Å². The second-order valence-electron chi connectivity index (χ2n) is 8.12. The van der Waals surface area contributed by atoms with Crippen LogP contribution in [0.4, 0.5) is 8.78 Å². The molecule has 2 heterocycles. The van der Waals surface area contributed by atoms with Crippen molar-refractivity contribution in [3.8, 4) is 5.75 Å². The molecular weight excluding hydrogens is 474 g/mol. The number of nitrogens with zero attached hydrogens (tertiary/aromatic N) is 2. The fourth-order valence-corrected chi connectivity index (χ4v) is 5.02. The summed E-state index contributed by atoms with van der Waals surface area (Å²) >= 11 is 1.63. The van der Waals surface area contributed by atoms with Gasteiger partial charge in [-0.3, -0.25) is 9.59 Å². The number of halogens is 2. The molecule has 184 valence electrons. The predicted octanol–water partition coefficient (Wildman–Crippen LogP) is 4.32. The zero-order valence-electron chi connectivity index (χ0n) is 19.3. The highest BCUT2D eigenvalue weighted by atomic mass is 32.1. The van der Waals surface area contributed by atoms with Crippen molar-refractivity contribution < 1.29 is 27.8 Å². The lowest BCUT2D eigenvalue weighted by atomic mass is 10.0. The number of benzene rings is 2. The lowest BCUT2D eigenvalue weighted by Gasteiger charge is -2.37. The molecule has 0 bridgehead atoms. The monoisotopic (exact) mass is 500 g/mol. The van der Waals surface area contributed by atoms with Gasteiger partial charge in [-0.05, 0) is 59.8 Å². The van der Waals surface area contributed by atoms with Crippen molar-refractivity contribution in [2.24, 2.45) is 0 Å². The van der Waals surface area contributed by atoms with Gasteiger partial charge in [0, 0.05) is 25.1 Å². The normalized spacial score (nSPS) is 14.9. The summed E-state index contributed by atoms with van der Waals surface area (Å²) in [6.45, 7) is 0.780. The summed E-state index contributed by atoms with van der Waals surface area (Å²) in [6, 6.07) is 13.0. The van der Waals surface area contributed by atoms with Gasteiger partial charge in [-0.1, -0.05) is 12.1 Å². The minimum Gasteiger partial charge on any atom is -0.491 e. The highest BCUT2D eigenvalue weighted by molar-refractivity contribution is 7.10. The Morgan fingerprint density at radius 3 is 2.63 bits per heavy atom. The Morgan fingerprint density at radius 2 is 1.89 bits per heavy atom. The Morgan fingerprint density at radius 1 is 1.11 bits per heavy atom. The van der Waals surface area contributed by atoms with Gasteiger partial charge < -0.3 is 19.3 Å². The van der Waals surface area contributed by atoms with Crippen LogP contribution >= 0.6 is 11.3 Å². The minimum absolute atomic E-state index is 0.0913. The van der Waals surface area contributed by atoms with Crippen LogP contribution in [0, 0.1) is 11.6 Å². The summed E-state index contributed by atoms with van der Waals surface area (Å²) in [5.41, 5.74) is 0.909. The molecule has 4 rings (SSSR count). The van der Waals surface area contributed by atoms with E-state index >= 15 is 0 Å². The molecule has 1 unspecified atom stereocenters. The van der Waals surface area contributed by atoms with E-state index in [2.05, 4.69) is 0 Å². The van der Waals surface area contributed by atoms with Crippen molar-refractivity contribution in [1.29, 1.82) is 0 Å². The first-order chi connectivity index (χ1) is 17.0. The highest BCUT2D eigenvalue weighted by Crippen LogP contribution is 2.34. The van der Waals surface area contributed by atoms with Crippen molar-refractivity contribution in [2.75, 3.05) is 40.0 Å². The molecule has 2 amide bonds. The van der Waals surface area contributed by atoms with Crippen LogP contribution < -0.4 is 4.74 Å². The summed E-state index contributed by atoms with van der Waals surface area (Å²) in [6.07, 6.45) is 0.700. The van der Waals surface area contributed by atoms with Crippen LogP contribution in [0.25, 0.3) is 0 Å². The Labute approximate surface area is 206 Å². The van der Waals surface area contributed by atoms with E-state index in [4.69, 9.17) is 9.47 Å². The number of carbonyl (C=O) groups excluding carboxylic acids is 2. The lowest BCUT2D eigenvalue weighted by Crippen LogP contribution is -2.48. The number of ether oxygens (including phenoxy) is 2. The average Bonchev–Trinajstić information content (AvgIpc) is 3.35. The molecule has 1 aromatic heterocycles. The predicted molar refractivity (Wildman–Crippen MR) is 129 cm³/mol. The van der Waals surface area contributed by atoms with E-state index in [0.717, 1.165) is 5.56 Å². The third kappa shape index (κ3) is 5.86. The average molecular weight is 501 g/mol. The maximum atomic E-state index is 14.3. The summed E-state index contributed by atoms with van der Waals surface area (Å²) in [5.74, 6) is -1.34. The third-order valence-corrected chi connectivity index (χ3v) is 6.92. The molecule has 3 aromatic rings. The van der Waals surface area contributed by atoms with Crippen molar-refractivity contribution in [1.82, 2.24) is 9.80 Å². The maximum absolute atomic E-state index is 14.3. The standard InChI is InChI=1S/C26H26F2N2O4S/c1-33-14-13-29(26(32)20-4-2-3-5-22(20)28)16-25(31)30-12-10-24-21(11-15-35-24)23(30)17-34-19-8-6-18(27)7-9-19/h2-9,11,15,23H,10,12-14,16-17H2,1H3. The van der Waals surface area contributed by atoms with Crippen LogP contribution in [0.1, 0.15) is 26.8 Å². The van der Waals surface area contributed by atoms with E-state index in [9.17, 15) is 18.4 Å². The van der Waals surface area contributed by atoms with Crippen LogP contribution in [0.3, 0.4) is 0 Å². The van der Waals surface area contributed by atoms with Gasteiger partial charge in [0.25, 0.3) is 5.91 Å². The van der Waals surface area contributed by atoms with E-state index in [-0.39, 0.29) is 49.6 Å². The van der Waals surface area contributed by atoms with E-state index < -0.39 is 11.7 Å². The molecule has 1 aliphatic heterocycles. The van der Waals surface area contributed by atoms with Crippen LogP contribution in [0.15, 0.2) is 60.0 Å². The van der Waals surface area contributed by atoms with Gasteiger partial charge in [0.15, 0.2) is 0 Å². The number of hydrogen-bond donors (Lipinski definition) is 0. The lowest BCUT2D eigenvalue weighted by molar-refractivity contribution is -0.135. The van der Waals surface area contributed by atoms with Gasteiger partial charge in [0.2, 0.25) is 5.91 Å². The van der Waals surface area contributed by atoms with Crippen LogP contribution in [-0.2, 0) is 16.0 Å². The maximum Gasteiger partial charge on any atom is 0.257 e. The molecule has 35 heavy (non-hydrogen) atoms. The zero-order valence-corrected chi connectivity index (χ0v) is 20.1. The number of rotatable bonds is 9. The van der Waals surface area contributed by atoms with Crippen LogP contribution in [-0.4, -0.2) is 61.6 Å². The number of thiophene rings is 1. The molecule has 2 aromatic carbocycles. The second-order valence-corrected chi connectivity index (χ2v) is 9.12. The molecule has 0 fully saturated rings. The van der Waals surface area contributed by atoms with Crippen LogP contribution in [0.5, 0.6) is 5.75 Å². The fraction of sp³-hybridized carbons (Fsp3) is 0.308. The first kappa shape index (κ1) is 24.8. The van der Waals surface area contributed by atoms with Gasteiger partial charge in [-0.25, -0.2) is 8.78 Å². The molecule has 0 aliphatic carbocycles. The molecule has 0 saturated heterocycles. The van der Waals surface area contributed by atoms with E-state index in [0.29, 0.717) is 18.7 Å². The molecule has 9 heteroatoms. The van der Waals surface area contributed by atoms with Crippen molar-refractivity contribution in [3.05, 3.63) is 87.6 Å². The first-order valence-electron chi connectivity index (χ1n) is 11.2. The number of fused-ring (bicyclic) bond motifs is 1. The molecule has 1 atom stereocenters. The Bertz CT molecular complexity index is 1170. The quantitative estimate of drug-likeness (QED) is 0.439. The molecule has 6 nitrogen and oxygen atoms in total. The summed E-state index contributed by atoms with van der Waals surface area (Å²) in [4.78, 5) is 30.8. The number of methoxy groups -OCH3 is 1. The van der Waals surface area contributed by atoms with Crippen molar-refractivity contribution >= 4 is 23.2 Å². The number of amides is 2. The van der Waals surface area contributed by atoms with E-state index in [1.54, 1.807) is 34.4 Å². The Hall–Kier alpha value is -3.30. The first-order valence-corrected chi connectivity index (χ1v) is 12.1. The van der Waals surface area contributed by atoms with Gasteiger partial charge in [0.1, 0.15) is 30.5 Å². The number of hydrogen-bond acceptors (Lipinski definition) is 5. The Kier molecular flexibility index (Phi) is 8.09. The third-order valence-electron chi connectivity index (χ3n) is 5.92. The SMILES string of the molecule is COCCN(CC(=O)N1CCc2sccc2C1COc1ccc(F)cc1)C(=O)c1ccccc1F. The molecular formula is C26H26F2N2O4S. The summed E-state index contributed by atoms with van der Waals surface area (Å²) in [5, 5.41) is 1.98. The largest absolute Gasteiger partial charge is 0.491 e. The van der Waals surface area contributed by atoms with Gasteiger partial charge >= 0.3 is 0 Å². The molecule has 0 spiro atoms. The van der Waals surface area contributed by atoms with Crippen molar-refractivity contribution in [3.63, 3.8) is 0 Å². The topological polar surface area (TPSA) is 59.1 Å². The zero-order chi connectivity index (χ0) is 24.8. The van der Waals surface area contributed by atoms with E-state index in [1.807, 2.05) is 11.4 Å². The highest BCUT2D eigenvalue weighted by Gasteiger charge is 2.34. The van der Waals surface area contributed by atoms with Crippen molar-refractivity contribution in [2.45, 2.75) is 12.5 Å². The smallest absolute Gasteiger partial charge is 0.257 e. The van der Waals surface area contributed by atoms with E-state index in [1.165, 1.54) is 47.2 Å². The van der Waals surface area contributed by atoms with Gasteiger partial charge in [-0.2, -0.15) is 0 Å². The molecule has 0 N–H and O–H groups in total. The fourth-order valence-electron chi connectivity index (χ4n) is 4.09. The minimum atomic E-state index is -0.640. The molecule has 0 saturated carbocycles. The summed E-state index contributed by atoms with van der Waals surface area (Å²) in [7, 11) is 1.50. The molecule has 1 aliphatic rings. The van der Waals surface area contributed by atoms with Gasteiger partial charge in [-0.15, -0.1) is 11.3 Å². The van der Waals surface area contributed by atoms with Gasteiger partial charge in [0.05, 0.1) is 18.2 Å². The second kappa shape index (κ2) is 11.4. The molecule has 0 radical (unpaired) electrons. The number of carbonyl (C=O) groups is 2. The Balaban J connectivity index is 1.53. The summed E-state index contributed by atoms with van der Waals surface area (Å²) < 4.78 is 38.6.